The predicted molar refractivity (Wildman–Crippen MR) is 110 cm³/mol. The van der Waals surface area contributed by atoms with Crippen LogP contribution >= 0.6 is 0 Å². The highest BCUT2D eigenvalue weighted by Gasteiger charge is 2.28. The highest BCUT2D eigenvalue weighted by Crippen LogP contribution is 2.37. The Morgan fingerprint density at radius 2 is 1.79 bits per heavy atom. The van der Waals surface area contributed by atoms with Gasteiger partial charge in [-0.25, -0.2) is 0 Å². The third-order valence-corrected chi connectivity index (χ3v) is 4.67. The number of nitrogens with zero attached hydrogens (tertiary/aromatic N) is 2. The molecule has 0 saturated carbocycles. The van der Waals surface area contributed by atoms with Crippen LogP contribution in [-0.2, 0) is 0 Å². The van der Waals surface area contributed by atoms with Crippen molar-refractivity contribution in [2.24, 2.45) is 0 Å². The lowest BCUT2D eigenvalue weighted by atomic mass is 9.97. The average molecular weight is 369 g/mol. The van der Waals surface area contributed by atoms with E-state index in [1.54, 1.807) is 35.0 Å². The first kappa shape index (κ1) is 17.6. The van der Waals surface area contributed by atoms with Gasteiger partial charge in [-0.15, -0.1) is 0 Å². The minimum atomic E-state index is -0.578. The fourth-order valence-corrected chi connectivity index (χ4v) is 3.34. The molecule has 1 aliphatic rings. The van der Waals surface area contributed by atoms with E-state index in [0.717, 1.165) is 16.7 Å². The van der Waals surface area contributed by atoms with Crippen molar-refractivity contribution in [1.29, 1.82) is 5.26 Å². The summed E-state index contributed by atoms with van der Waals surface area (Å²) in [6.07, 6.45) is 3.66. The van der Waals surface area contributed by atoms with E-state index >= 15 is 0 Å². The smallest absolute Gasteiger partial charge is 0.255 e. The lowest BCUT2D eigenvalue weighted by molar-refractivity contribution is 0.157. The molecule has 0 radical (unpaired) electrons. The molecule has 0 bridgehead atoms. The standard InChI is InChI=1S/C23H19N3O2/c1-23(2)13-20(19-11-15(14-24)3-8-21(19)28-23)26-10-9-17(12-22(26)27)16-4-6-18(25)7-5-16/h3-13H,25H2,1-2H3. The summed E-state index contributed by atoms with van der Waals surface area (Å²) < 4.78 is 7.59. The molecule has 2 N–H and O–H groups in total. The largest absolute Gasteiger partial charge is 0.483 e. The van der Waals surface area contributed by atoms with Gasteiger partial charge in [-0.1, -0.05) is 12.1 Å². The van der Waals surface area contributed by atoms with Gasteiger partial charge in [0.1, 0.15) is 11.4 Å². The Hall–Kier alpha value is -3.78. The lowest BCUT2D eigenvalue weighted by Gasteiger charge is -2.31. The summed E-state index contributed by atoms with van der Waals surface area (Å²) in [5, 5.41) is 9.25. The number of hydrogen-bond donors (Lipinski definition) is 1. The summed E-state index contributed by atoms with van der Waals surface area (Å²) in [4.78, 5) is 12.9. The molecule has 0 fully saturated rings. The van der Waals surface area contributed by atoms with E-state index in [0.29, 0.717) is 22.7 Å². The van der Waals surface area contributed by atoms with Crippen molar-refractivity contribution in [3.05, 3.63) is 88.4 Å². The zero-order valence-electron chi connectivity index (χ0n) is 15.6. The number of hydrogen-bond acceptors (Lipinski definition) is 4. The molecular formula is C23H19N3O2. The molecule has 28 heavy (non-hydrogen) atoms. The molecule has 5 nitrogen and oxygen atoms in total. The van der Waals surface area contributed by atoms with Crippen LogP contribution in [0.1, 0.15) is 25.0 Å². The maximum atomic E-state index is 12.9. The van der Waals surface area contributed by atoms with E-state index in [-0.39, 0.29) is 5.56 Å². The van der Waals surface area contributed by atoms with Gasteiger partial charge in [-0.2, -0.15) is 5.26 Å². The van der Waals surface area contributed by atoms with Gasteiger partial charge >= 0.3 is 0 Å². The Labute approximate surface area is 162 Å². The zero-order chi connectivity index (χ0) is 19.9. The summed E-state index contributed by atoms with van der Waals surface area (Å²) in [7, 11) is 0. The normalized spacial score (nSPS) is 14.4. The van der Waals surface area contributed by atoms with E-state index in [1.807, 2.05) is 50.3 Å². The van der Waals surface area contributed by atoms with Crippen LogP contribution in [0, 0.1) is 11.3 Å². The summed E-state index contributed by atoms with van der Waals surface area (Å²) >= 11 is 0. The van der Waals surface area contributed by atoms with Gasteiger partial charge in [0.25, 0.3) is 5.56 Å². The SMILES string of the molecule is CC1(C)C=C(n2ccc(-c3ccc(N)cc3)cc2=O)c2cc(C#N)ccc2O1. The van der Waals surface area contributed by atoms with Crippen LogP contribution in [0.25, 0.3) is 16.8 Å². The minimum absolute atomic E-state index is 0.161. The lowest BCUT2D eigenvalue weighted by Crippen LogP contribution is -2.32. The molecule has 0 atom stereocenters. The van der Waals surface area contributed by atoms with Crippen molar-refractivity contribution in [3.8, 4) is 22.9 Å². The number of fused-ring (bicyclic) bond motifs is 1. The van der Waals surface area contributed by atoms with Crippen LogP contribution in [-0.4, -0.2) is 10.2 Å². The highest BCUT2D eigenvalue weighted by molar-refractivity contribution is 5.75. The van der Waals surface area contributed by atoms with Gasteiger partial charge in [0.05, 0.1) is 17.3 Å². The quantitative estimate of drug-likeness (QED) is 0.692. The second kappa shape index (κ2) is 6.43. The molecule has 5 heteroatoms. The molecule has 4 rings (SSSR count). The van der Waals surface area contributed by atoms with Crippen LogP contribution in [0.5, 0.6) is 5.75 Å². The monoisotopic (exact) mass is 369 g/mol. The maximum absolute atomic E-state index is 12.9. The first-order valence-corrected chi connectivity index (χ1v) is 8.92. The molecule has 138 valence electrons. The van der Waals surface area contributed by atoms with Crippen molar-refractivity contribution in [3.63, 3.8) is 0 Å². The molecule has 1 aromatic heterocycles. The maximum Gasteiger partial charge on any atom is 0.255 e. The molecule has 1 aliphatic heterocycles. The number of pyridine rings is 1. The van der Waals surface area contributed by atoms with Crippen molar-refractivity contribution in [2.45, 2.75) is 19.4 Å². The Morgan fingerprint density at radius 3 is 2.46 bits per heavy atom. The Bertz CT molecular complexity index is 1200. The van der Waals surface area contributed by atoms with Gasteiger partial charge in [-0.3, -0.25) is 9.36 Å². The summed E-state index contributed by atoms with van der Waals surface area (Å²) in [5.41, 5.74) is 9.37. The topological polar surface area (TPSA) is 81.0 Å². The van der Waals surface area contributed by atoms with Gasteiger partial charge < -0.3 is 10.5 Å². The number of nitrogen functional groups attached to an aromatic ring is 1. The minimum Gasteiger partial charge on any atom is -0.483 e. The van der Waals surface area contributed by atoms with Crippen molar-refractivity contribution < 1.29 is 4.74 Å². The number of ether oxygens (including phenoxy) is 1. The molecule has 0 spiro atoms. The van der Waals surface area contributed by atoms with Crippen LogP contribution in [0.4, 0.5) is 5.69 Å². The summed E-state index contributed by atoms with van der Waals surface area (Å²) in [6.45, 7) is 3.86. The third kappa shape index (κ3) is 3.17. The number of anilines is 1. The fraction of sp³-hybridized carbons (Fsp3) is 0.130. The van der Waals surface area contributed by atoms with E-state index in [9.17, 15) is 10.1 Å². The molecular weight excluding hydrogens is 350 g/mol. The van der Waals surface area contributed by atoms with E-state index < -0.39 is 5.60 Å². The van der Waals surface area contributed by atoms with Crippen LogP contribution < -0.4 is 16.0 Å². The van der Waals surface area contributed by atoms with E-state index in [4.69, 9.17) is 10.5 Å². The first-order valence-electron chi connectivity index (χ1n) is 8.92. The third-order valence-electron chi connectivity index (χ3n) is 4.67. The summed E-state index contributed by atoms with van der Waals surface area (Å²) in [6, 6.07) is 18.3. The Balaban J connectivity index is 1.84. The Morgan fingerprint density at radius 1 is 1.04 bits per heavy atom. The van der Waals surface area contributed by atoms with Crippen LogP contribution in [0.3, 0.4) is 0 Å². The molecule has 3 aromatic rings. The van der Waals surface area contributed by atoms with Crippen molar-refractivity contribution >= 4 is 11.4 Å². The molecule has 2 aromatic carbocycles. The zero-order valence-corrected chi connectivity index (χ0v) is 15.6. The van der Waals surface area contributed by atoms with Crippen LogP contribution in [0.2, 0.25) is 0 Å². The number of rotatable bonds is 2. The Kier molecular flexibility index (Phi) is 4.05. The average Bonchev–Trinajstić information content (AvgIpc) is 2.67. The molecule has 0 amide bonds. The van der Waals surface area contributed by atoms with Crippen LogP contribution in [0.15, 0.2) is 71.7 Å². The van der Waals surface area contributed by atoms with Crippen molar-refractivity contribution in [2.75, 3.05) is 5.73 Å². The second-order valence-corrected chi connectivity index (χ2v) is 7.30. The molecule has 0 aliphatic carbocycles. The summed E-state index contributed by atoms with van der Waals surface area (Å²) in [5.74, 6) is 0.649. The van der Waals surface area contributed by atoms with Gasteiger partial charge in [0.15, 0.2) is 0 Å². The number of nitrogens with two attached hydrogens (primary N) is 1. The van der Waals surface area contributed by atoms with Gasteiger partial charge in [0, 0.05) is 23.5 Å². The van der Waals surface area contributed by atoms with Gasteiger partial charge in [0.2, 0.25) is 0 Å². The first-order chi connectivity index (χ1) is 13.4. The number of benzene rings is 2. The van der Waals surface area contributed by atoms with E-state index in [1.165, 1.54) is 0 Å². The highest BCUT2D eigenvalue weighted by atomic mass is 16.5. The number of nitriles is 1. The van der Waals surface area contributed by atoms with E-state index in [2.05, 4.69) is 6.07 Å². The van der Waals surface area contributed by atoms with Gasteiger partial charge in [-0.05, 0) is 67.4 Å². The molecule has 2 heterocycles. The fourth-order valence-electron chi connectivity index (χ4n) is 3.34. The predicted octanol–water partition coefficient (Wildman–Crippen LogP) is 4.03. The number of aromatic nitrogens is 1. The van der Waals surface area contributed by atoms with Crippen molar-refractivity contribution in [1.82, 2.24) is 4.57 Å². The molecule has 0 unspecified atom stereocenters. The molecule has 0 saturated heterocycles. The second-order valence-electron chi connectivity index (χ2n) is 7.30.